The second kappa shape index (κ2) is 6.78. The first-order valence-corrected chi connectivity index (χ1v) is 6.67. The van der Waals surface area contributed by atoms with Crippen molar-refractivity contribution in [3.05, 3.63) is 52.8 Å². The van der Waals surface area contributed by atoms with Crippen molar-refractivity contribution >= 4 is 29.2 Å². The molecule has 0 fully saturated rings. The van der Waals surface area contributed by atoms with Gasteiger partial charge in [-0.05, 0) is 30.3 Å². The molecule has 22 heavy (non-hydrogen) atoms. The summed E-state index contributed by atoms with van der Waals surface area (Å²) in [7, 11) is 1.70. The molecule has 112 valence electrons. The number of anilines is 1. The Labute approximate surface area is 131 Å². The molecular weight excluding hydrogens is 306 g/mol. The third-order valence-corrected chi connectivity index (χ3v) is 3.10. The van der Waals surface area contributed by atoms with E-state index in [1.165, 1.54) is 12.1 Å². The van der Waals surface area contributed by atoms with Crippen molar-refractivity contribution in [1.29, 1.82) is 5.26 Å². The Morgan fingerprint density at radius 3 is 2.82 bits per heavy atom. The number of esters is 1. The molecule has 2 rings (SSSR count). The number of carbonyl (C=O) groups excluding carboxylic acids is 2. The van der Waals surface area contributed by atoms with Crippen molar-refractivity contribution in [1.82, 2.24) is 4.57 Å². The van der Waals surface area contributed by atoms with Gasteiger partial charge in [0.2, 0.25) is 0 Å². The second-order valence-corrected chi connectivity index (χ2v) is 4.87. The standard InChI is InChI=1S/C15H12ClN3O3/c1-19-6-2-3-13(19)15(21)22-9-14(20)18-12-7-11(16)5-4-10(12)8-17/h2-7H,9H2,1H3,(H,18,20). The van der Waals surface area contributed by atoms with Crippen LogP contribution in [0.3, 0.4) is 0 Å². The molecule has 0 radical (unpaired) electrons. The van der Waals surface area contributed by atoms with Gasteiger partial charge in [0.25, 0.3) is 5.91 Å². The normalized spacial score (nSPS) is 9.86. The Morgan fingerprint density at radius 2 is 2.18 bits per heavy atom. The summed E-state index contributed by atoms with van der Waals surface area (Å²) in [6.07, 6.45) is 1.70. The number of benzene rings is 1. The molecule has 0 aliphatic rings. The Hall–Kier alpha value is -2.78. The van der Waals surface area contributed by atoms with E-state index in [0.29, 0.717) is 10.7 Å². The SMILES string of the molecule is Cn1cccc1C(=O)OCC(=O)Nc1cc(Cl)ccc1C#N. The first kappa shape index (κ1) is 15.6. The number of nitrogens with zero attached hydrogens (tertiary/aromatic N) is 2. The number of halogens is 1. The first-order chi connectivity index (χ1) is 10.5. The fourth-order valence-corrected chi connectivity index (χ4v) is 1.95. The number of hydrogen-bond donors (Lipinski definition) is 1. The predicted molar refractivity (Wildman–Crippen MR) is 80.5 cm³/mol. The van der Waals surface area contributed by atoms with Crippen LogP contribution >= 0.6 is 11.6 Å². The largest absolute Gasteiger partial charge is 0.451 e. The molecular formula is C15H12ClN3O3. The number of amides is 1. The maximum Gasteiger partial charge on any atom is 0.355 e. The lowest BCUT2D eigenvalue weighted by Crippen LogP contribution is -2.22. The summed E-state index contributed by atoms with van der Waals surface area (Å²) in [6.45, 7) is -0.457. The summed E-state index contributed by atoms with van der Waals surface area (Å²) in [5.41, 5.74) is 0.884. The van der Waals surface area contributed by atoms with E-state index in [9.17, 15) is 9.59 Å². The molecule has 0 spiro atoms. The zero-order valence-electron chi connectivity index (χ0n) is 11.7. The van der Waals surface area contributed by atoms with E-state index in [4.69, 9.17) is 21.6 Å². The molecule has 0 aliphatic carbocycles. The summed E-state index contributed by atoms with van der Waals surface area (Å²) in [4.78, 5) is 23.6. The smallest absolute Gasteiger partial charge is 0.355 e. The average Bonchev–Trinajstić information content (AvgIpc) is 2.91. The van der Waals surface area contributed by atoms with Crippen LogP contribution in [0, 0.1) is 11.3 Å². The fraction of sp³-hybridized carbons (Fsp3) is 0.133. The second-order valence-electron chi connectivity index (χ2n) is 4.43. The lowest BCUT2D eigenvalue weighted by atomic mass is 10.2. The first-order valence-electron chi connectivity index (χ1n) is 6.29. The number of ether oxygens (including phenoxy) is 1. The van der Waals surface area contributed by atoms with Crippen molar-refractivity contribution in [2.75, 3.05) is 11.9 Å². The molecule has 1 heterocycles. The molecule has 1 aromatic carbocycles. The molecule has 0 atom stereocenters. The zero-order chi connectivity index (χ0) is 16.1. The lowest BCUT2D eigenvalue weighted by Gasteiger charge is -2.08. The van der Waals surface area contributed by atoms with Crippen LogP contribution < -0.4 is 5.32 Å². The highest BCUT2D eigenvalue weighted by Gasteiger charge is 2.13. The van der Waals surface area contributed by atoms with E-state index >= 15 is 0 Å². The number of carbonyl (C=O) groups is 2. The molecule has 0 saturated heterocycles. The van der Waals surface area contributed by atoms with Crippen LogP contribution in [0.4, 0.5) is 5.69 Å². The van der Waals surface area contributed by atoms with Crippen LogP contribution in [0.15, 0.2) is 36.5 Å². The van der Waals surface area contributed by atoms with E-state index in [0.717, 1.165) is 0 Å². The predicted octanol–water partition coefficient (Wildman–Crippen LogP) is 2.35. The van der Waals surface area contributed by atoms with E-state index in [1.807, 2.05) is 6.07 Å². The monoisotopic (exact) mass is 317 g/mol. The van der Waals surface area contributed by atoms with Gasteiger partial charge >= 0.3 is 5.97 Å². The van der Waals surface area contributed by atoms with Crippen LogP contribution in [-0.2, 0) is 16.6 Å². The molecule has 0 saturated carbocycles. The molecule has 1 N–H and O–H groups in total. The Morgan fingerprint density at radius 1 is 1.41 bits per heavy atom. The minimum Gasteiger partial charge on any atom is -0.451 e. The fourth-order valence-electron chi connectivity index (χ4n) is 1.78. The van der Waals surface area contributed by atoms with Crippen LogP contribution in [0.5, 0.6) is 0 Å². The van der Waals surface area contributed by atoms with Crippen LogP contribution in [0.2, 0.25) is 5.02 Å². The van der Waals surface area contributed by atoms with Crippen LogP contribution in [-0.4, -0.2) is 23.1 Å². The lowest BCUT2D eigenvalue weighted by molar-refractivity contribution is -0.119. The van der Waals surface area contributed by atoms with Gasteiger partial charge in [-0.15, -0.1) is 0 Å². The van der Waals surface area contributed by atoms with Crippen molar-refractivity contribution in [2.45, 2.75) is 0 Å². The number of aryl methyl sites for hydroxylation is 1. The summed E-state index contributed by atoms with van der Waals surface area (Å²) in [6, 6.07) is 9.72. The van der Waals surface area contributed by atoms with Gasteiger partial charge in [-0.1, -0.05) is 11.6 Å². The molecule has 1 aromatic heterocycles. The highest BCUT2D eigenvalue weighted by atomic mass is 35.5. The van der Waals surface area contributed by atoms with E-state index < -0.39 is 18.5 Å². The maximum atomic E-state index is 11.8. The molecule has 0 bridgehead atoms. The summed E-state index contributed by atoms with van der Waals surface area (Å²) in [5.74, 6) is -1.16. The number of hydrogen-bond acceptors (Lipinski definition) is 4. The van der Waals surface area contributed by atoms with Gasteiger partial charge in [0, 0.05) is 18.3 Å². The number of aromatic nitrogens is 1. The van der Waals surface area contributed by atoms with Gasteiger partial charge in [0.1, 0.15) is 11.8 Å². The summed E-state index contributed by atoms with van der Waals surface area (Å²) in [5, 5.41) is 11.8. The van der Waals surface area contributed by atoms with Crippen molar-refractivity contribution in [3.63, 3.8) is 0 Å². The van der Waals surface area contributed by atoms with Gasteiger partial charge in [-0.3, -0.25) is 4.79 Å². The Kier molecular flexibility index (Phi) is 4.81. The van der Waals surface area contributed by atoms with Gasteiger partial charge in [-0.2, -0.15) is 5.26 Å². The molecule has 2 aromatic rings. The third-order valence-electron chi connectivity index (χ3n) is 2.86. The molecule has 0 aliphatic heterocycles. The van der Waals surface area contributed by atoms with E-state index in [2.05, 4.69) is 5.32 Å². The zero-order valence-corrected chi connectivity index (χ0v) is 12.4. The van der Waals surface area contributed by atoms with Gasteiger partial charge in [-0.25, -0.2) is 4.79 Å². The number of nitriles is 1. The topological polar surface area (TPSA) is 84.1 Å². The van der Waals surface area contributed by atoms with Crippen molar-refractivity contribution in [2.24, 2.45) is 7.05 Å². The molecule has 1 amide bonds. The minimum absolute atomic E-state index is 0.270. The maximum absolute atomic E-state index is 11.8. The minimum atomic E-state index is -0.603. The van der Waals surface area contributed by atoms with Crippen LogP contribution in [0.1, 0.15) is 16.1 Å². The Bertz CT molecular complexity index is 762. The van der Waals surface area contributed by atoms with Gasteiger partial charge < -0.3 is 14.6 Å². The van der Waals surface area contributed by atoms with Gasteiger partial charge in [0.15, 0.2) is 6.61 Å². The van der Waals surface area contributed by atoms with Crippen molar-refractivity contribution in [3.8, 4) is 6.07 Å². The number of rotatable bonds is 4. The molecule has 0 unspecified atom stereocenters. The van der Waals surface area contributed by atoms with Crippen molar-refractivity contribution < 1.29 is 14.3 Å². The Balaban J connectivity index is 1.97. The highest BCUT2D eigenvalue weighted by Crippen LogP contribution is 2.20. The summed E-state index contributed by atoms with van der Waals surface area (Å²) >= 11 is 5.82. The van der Waals surface area contributed by atoms with E-state index in [-0.39, 0.29) is 11.3 Å². The molecule has 6 nitrogen and oxygen atoms in total. The quantitative estimate of drug-likeness (QED) is 0.877. The molecule has 7 heteroatoms. The average molecular weight is 318 g/mol. The summed E-state index contributed by atoms with van der Waals surface area (Å²) < 4.78 is 6.51. The highest BCUT2D eigenvalue weighted by molar-refractivity contribution is 6.31. The van der Waals surface area contributed by atoms with Crippen LogP contribution in [0.25, 0.3) is 0 Å². The van der Waals surface area contributed by atoms with E-state index in [1.54, 1.807) is 36.0 Å². The number of nitrogens with one attached hydrogen (secondary N) is 1. The van der Waals surface area contributed by atoms with Gasteiger partial charge in [0.05, 0.1) is 11.3 Å². The third kappa shape index (κ3) is 3.65.